The summed E-state index contributed by atoms with van der Waals surface area (Å²) in [6, 6.07) is 28.3. The topological polar surface area (TPSA) is 56.8 Å². The number of anilines is 1. The van der Waals surface area contributed by atoms with E-state index in [0.29, 0.717) is 28.7 Å². The van der Waals surface area contributed by atoms with E-state index in [1.165, 1.54) is 6.92 Å². The number of hydrogen-bond acceptors (Lipinski definition) is 4. The second-order valence-electron chi connectivity index (χ2n) is 7.78. The van der Waals surface area contributed by atoms with Crippen molar-refractivity contribution in [2.45, 2.75) is 20.8 Å². The van der Waals surface area contributed by atoms with E-state index in [4.69, 9.17) is 14.2 Å². The molecule has 4 aromatic rings. The van der Waals surface area contributed by atoms with Gasteiger partial charge in [-0.15, -0.1) is 0 Å². The molecule has 33 heavy (non-hydrogen) atoms. The molecule has 0 unspecified atom stereocenters. The van der Waals surface area contributed by atoms with Gasteiger partial charge in [-0.1, -0.05) is 35.4 Å². The summed E-state index contributed by atoms with van der Waals surface area (Å²) in [5.74, 6) is 3.69. The maximum Gasteiger partial charge on any atom is 0.221 e. The van der Waals surface area contributed by atoms with E-state index in [2.05, 4.69) is 5.32 Å². The van der Waals surface area contributed by atoms with Crippen LogP contribution >= 0.6 is 0 Å². The summed E-state index contributed by atoms with van der Waals surface area (Å²) in [6.45, 7) is 5.53. The van der Waals surface area contributed by atoms with Crippen LogP contribution in [0.5, 0.6) is 34.5 Å². The number of nitrogens with one attached hydrogen (secondary N) is 1. The molecular formula is C28H25NO4. The second kappa shape index (κ2) is 9.92. The highest BCUT2D eigenvalue weighted by Gasteiger charge is 2.09. The lowest BCUT2D eigenvalue weighted by Crippen LogP contribution is -2.05. The maximum absolute atomic E-state index is 11.2. The summed E-state index contributed by atoms with van der Waals surface area (Å²) in [7, 11) is 0. The zero-order valence-corrected chi connectivity index (χ0v) is 18.8. The van der Waals surface area contributed by atoms with Crippen LogP contribution in [0, 0.1) is 13.8 Å². The molecule has 5 nitrogen and oxygen atoms in total. The van der Waals surface area contributed by atoms with Crippen molar-refractivity contribution in [3.63, 3.8) is 0 Å². The minimum absolute atomic E-state index is 0.123. The van der Waals surface area contributed by atoms with Crippen molar-refractivity contribution >= 4 is 11.6 Å². The van der Waals surface area contributed by atoms with Crippen LogP contribution in [0.15, 0.2) is 91.0 Å². The zero-order chi connectivity index (χ0) is 23.2. The van der Waals surface area contributed by atoms with Gasteiger partial charge in [-0.3, -0.25) is 4.79 Å². The quantitative estimate of drug-likeness (QED) is 0.321. The molecule has 0 saturated carbocycles. The van der Waals surface area contributed by atoms with Crippen LogP contribution in [-0.2, 0) is 4.79 Å². The summed E-state index contributed by atoms with van der Waals surface area (Å²) in [4.78, 5) is 11.2. The third-order valence-corrected chi connectivity index (χ3v) is 4.78. The number of ether oxygens (including phenoxy) is 3. The van der Waals surface area contributed by atoms with Crippen molar-refractivity contribution in [2.75, 3.05) is 5.32 Å². The molecule has 1 amide bonds. The van der Waals surface area contributed by atoms with Crippen LogP contribution < -0.4 is 19.5 Å². The fraction of sp³-hybridized carbons (Fsp3) is 0.107. The maximum atomic E-state index is 11.2. The molecule has 5 heteroatoms. The van der Waals surface area contributed by atoms with Crippen LogP contribution in [0.3, 0.4) is 0 Å². The first-order valence-electron chi connectivity index (χ1n) is 10.6. The van der Waals surface area contributed by atoms with Gasteiger partial charge in [0.05, 0.1) is 0 Å². The van der Waals surface area contributed by atoms with Crippen LogP contribution in [-0.4, -0.2) is 5.91 Å². The van der Waals surface area contributed by atoms with Crippen LogP contribution in [0.2, 0.25) is 0 Å². The van der Waals surface area contributed by atoms with Gasteiger partial charge in [-0.2, -0.15) is 0 Å². The van der Waals surface area contributed by atoms with Gasteiger partial charge in [0, 0.05) is 30.8 Å². The molecular weight excluding hydrogens is 414 g/mol. The Labute approximate surface area is 193 Å². The van der Waals surface area contributed by atoms with Gasteiger partial charge in [0.25, 0.3) is 0 Å². The average molecular weight is 440 g/mol. The summed E-state index contributed by atoms with van der Waals surface area (Å²) < 4.78 is 18.2. The molecule has 0 aliphatic rings. The molecule has 166 valence electrons. The molecule has 0 bridgehead atoms. The molecule has 0 spiro atoms. The Balaban J connectivity index is 1.60. The van der Waals surface area contributed by atoms with Crippen LogP contribution in [0.4, 0.5) is 5.69 Å². The van der Waals surface area contributed by atoms with Gasteiger partial charge in [0.1, 0.15) is 34.5 Å². The van der Waals surface area contributed by atoms with E-state index >= 15 is 0 Å². The minimum atomic E-state index is -0.123. The Kier molecular flexibility index (Phi) is 6.60. The number of aryl methyl sites for hydroxylation is 2. The van der Waals surface area contributed by atoms with E-state index in [-0.39, 0.29) is 5.91 Å². The molecule has 0 fully saturated rings. The van der Waals surface area contributed by atoms with Gasteiger partial charge in [-0.25, -0.2) is 0 Å². The first-order chi connectivity index (χ1) is 15.9. The first-order valence-corrected chi connectivity index (χ1v) is 10.6. The molecule has 0 aliphatic carbocycles. The number of benzene rings is 4. The van der Waals surface area contributed by atoms with E-state index in [1.54, 1.807) is 24.3 Å². The van der Waals surface area contributed by atoms with Crippen molar-refractivity contribution in [1.82, 2.24) is 0 Å². The Bertz CT molecular complexity index is 1160. The standard InChI is InChI=1S/C28H25NO4/c1-19-4-10-23(11-5-19)31-26-16-27(32-24-12-6-20(2)7-13-24)18-28(17-26)33-25-14-8-22(9-15-25)29-21(3)30/h4-18H,1-3H3,(H,29,30). The smallest absolute Gasteiger partial charge is 0.221 e. The minimum Gasteiger partial charge on any atom is -0.457 e. The lowest BCUT2D eigenvalue weighted by molar-refractivity contribution is -0.114. The number of amides is 1. The number of rotatable bonds is 7. The largest absolute Gasteiger partial charge is 0.457 e. The van der Waals surface area contributed by atoms with Gasteiger partial charge in [-0.05, 0) is 62.4 Å². The van der Waals surface area contributed by atoms with Gasteiger partial charge >= 0.3 is 0 Å². The van der Waals surface area contributed by atoms with E-state index in [1.807, 2.05) is 80.6 Å². The summed E-state index contributed by atoms with van der Waals surface area (Å²) >= 11 is 0. The van der Waals surface area contributed by atoms with Crippen LogP contribution in [0.25, 0.3) is 0 Å². The van der Waals surface area contributed by atoms with Gasteiger partial charge in [0.2, 0.25) is 5.91 Å². The van der Waals surface area contributed by atoms with Crippen LogP contribution in [0.1, 0.15) is 18.1 Å². The zero-order valence-electron chi connectivity index (χ0n) is 18.8. The molecule has 0 aliphatic heterocycles. The average Bonchev–Trinajstić information content (AvgIpc) is 2.78. The van der Waals surface area contributed by atoms with Crippen molar-refractivity contribution in [2.24, 2.45) is 0 Å². The van der Waals surface area contributed by atoms with E-state index < -0.39 is 0 Å². The predicted molar refractivity (Wildman–Crippen MR) is 130 cm³/mol. The Morgan fingerprint density at radius 1 is 0.545 bits per heavy atom. The normalized spacial score (nSPS) is 10.4. The Hall–Kier alpha value is -4.25. The third-order valence-electron chi connectivity index (χ3n) is 4.78. The van der Waals surface area contributed by atoms with Crippen molar-refractivity contribution in [3.05, 3.63) is 102 Å². The Morgan fingerprint density at radius 2 is 0.879 bits per heavy atom. The van der Waals surface area contributed by atoms with Crippen molar-refractivity contribution in [1.29, 1.82) is 0 Å². The number of hydrogen-bond donors (Lipinski definition) is 1. The third kappa shape index (κ3) is 6.37. The highest BCUT2D eigenvalue weighted by molar-refractivity contribution is 5.88. The molecule has 0 atom stereocenters. The fourth-order valence-corrected chi connectivity index (χ4v) is 3.15. The predicted octanol–water partition coefficient (Wildman–Crippen LogP) is 7.64. The van der Waals surface area contributed by atoms with E-state index in [9.17, 15) is 4.79 Å². The van der Waals surface area contributed by atoms with Crippen molar-refractivity contribution < 1.29 is 19.0 Å². The molecule has 0 radical (unpaired) electrons. The van der Waals surface area contributed by atoms with Crippen molar-refractivity contribution in [3.8, 4) is 34.5 Å². The number of carbonyl (C=O) groups excluding carboxylic acids is 1. The summed E-state index contributed by atoms with van der Waals surface area (Å²) in [5.41, 5.74) is 3.02. The number of carbonyl (C=O) groups is 1. The first kappa shape index (κ1) is 22.0. The molecule has 0 heterocycles. The molecule has 4 rings (SSSR count). The highest BCUT2D eigenvalue weighted by atomic mass is 16.5. The molecule has 0 aromatic heterocycles. The monoisotopic (exact) mass is 439 g/mol. The van der Waals surface area contributed by atoms with Gasteiger partial charge < -0.3 is 19.5 Å². The Morgan fingerprint density at radius 3 is 1.21 bits per heavy atom. The lowest BCUT2D eigenvalue weighted by atomic mass is 10.2. The SMILES string of the molecule is CC(=O)Nc1ccc(Oc2cc(Oc3ccc(C)cc3)cc(Oc3ccc(C)cc3)c2)cc1. The highest BCUT2D eigenvalue weighted by Crippen LogP contribution is 2.35. The molecule has 0 saturated heterocycles. The fourth-order valence-electron chi connectivity index (χ4n) is 3.15. The molecule has 4 aromatic carbocycles. The summed E-state index contributed by atoms with van der Waals surface area (Å²) in [5, 5.41) is 2.74. The summed E-state index contributed by atoms with van der Waals surface area (Å²) in [6.07, 6.45) is 0. The van der Waals surface area contributed by atoms with E-state index in [0.717, 1.165) is 22.6 Å². The second-order valence-corrected chi connectivity index (χ2v) is 7.78. The lowest BCUT2D eigenvalue weighted by Gasteiger charge is -2.13. The van der Waals surface area contributed by atoms with Gasteiger partial charge in [0.15, 0.2) is 0 Å². The molecule has 1 N–H and O–H groups in total.